The number of rotatable bonds is 9. The van der Waals surface area contributed by atoms with Crippen LogP contribution in [0.15, 0.2) is 65.1 Å². The van der Waals surface area contributed by atoms with Gasteiger partial charge in [0.15, 0.2) is 6.10 Å². The molecule has 8 heteroatoms. The Labute approximate surface area is 290 Å². The van der Waals surface area contributed by atoms with Crippen molar-refractivity contribution in [3.63, 3.8) is 0 Å². The van der Waals surface area contributed by atoms with Crippen molar-refractivity contribution >= 4 is 27.6 Å². The summed E-state index contributed by atoms with van der Waals surface area (Å²) in [6.45, 7) is 26.7. The molecule has 0 aliphatic carbocycles. The van der Waals surface area contributed by atoms with Crippen molar-refractivity contribution in [3.05, 3.63) is 71.8 Å². The Bertz CT molecular complexity index is 1740. The molecular formula is C40H55NO5Si2. The molecule has 6 rings (SSSR count). The van der Waals surface area contributed by atoms with E-state index in [0.717, 1.165) is 63.0 Å². The second-order valence-electron chi connectivity index (χ2n) is 16.7. The van der Waals surface area contributed by atoms with Crippen LogP contribution >= 0.6 is 0 Å². The van der Waals surface area contributed by atoms with E-state index in [-0.39, 0.29) is 16.2 Å². The van der Waals surface area contributed by atoms with Gasteiger partial charge in [0.05, 0.1) is 11.1 Å². The Hall–Kier alpha value is -3.21. The van der Waals surface area contributed by atoms with Gasteiger partial charge in [0.1, 0.15) is 40.9 Å². The zero-order chi connectivity index (χ0) is 34.5. The van der Waals surface area contributed by atoms with Crippen molar-refractivity contribution in [2.75, 3.05) is 26.2 Å². The fourth-order valence-corrected chi connectivity index (χ4v) is 8.05. The normalized spacial score (nSPS) is 17.4. The van der Waals surface area contributed by atoms with Crippen molar-refractivity contribution in [1.29, 1.82) is 0 Å². The Balaban J connectivity index is 1.34. The van der Waals surface area contributed by atoms with Crippen LogP contribution in [0.5, 0.6) is 23.0 Å². The van der Waals surface area contributed by atoms with Crippen LogP contribution in [-0.4, -0.2) is 47.8 Å². The average Bonchev–Trinajstić information content (AvgIpc) is 3.39. The molecule has 1 aromatic heterocycles. The molecule has 2 aliphatic rings. The third-order valence-corrected chi connectivity index (χ3v) is 19.8. The largest absolute Gasteiger partial charge is 0.543 e. The third kappa shape index (κ3) is 7.07. The summed E-state index contributed by atoms with van der Waals surface area (Å²) in [4.78, 5) is 2.50. The van der Waals surface area contributed by atoms with Crippen LogP contribution in [-0.2, 0) is 0 Å². The number of ether oxygens (including phenoxy) is 2. The zero-order valence-electron chi connectivity index (χ0n) is 30.8. The number of hydrogen-bond donors (Lipinski definition) is 0. The topological polar surface area (TPSA) is 53.3 Å². The molecule has 48 heavy (non-hydrogen) atoms. The van der Waals surface area contributed by atoms with Gasteiger partial charge in [-0.15, -0.1) is 0 Å². The molecule has 258 valence electrons. The van der Waals surface area contributed by atoms with Gasteiger partial charge in [-0.1, -0.05) is 60.1 Å². The summed E-state index contributed by atoms with van der Waals surface area (Å²) < 4.78 is 33.2. The maximum atomic E-state index is 6.91. The van der Waals surface area contributed by atoms with E-state index in [9.17, 15) is 0 Å². The van der Waals surface area contributed by atoms with Gasteiger partial charge < -0.3 is 22.7 Å². The molecule has 0 N–H and O–H groups in total. The quantitative estimate of drug-likeness (QED) is 0.163. The van der Waals surface area contributed by atoms with Crippen LogP contribution < -0.4 is 18.3 Å². The smallest absolute Gasteiger partial charge is 0.250 e. The van der Waals surface area contributed by atoms with Crippen LogP contribution in [0.25, 0.3) is 22.3 Å². The highest BCUT2D eigenvalue weighted by molar-refractivity contribution is 6.75. The summed E-state index contributed by atoms with van der Waals surface area (Å²) in [6.07, 6.45) is 3.57. The fourth-order valence-electron chi connectivity index (χ4n) is 6.00. The van der Waals surface area contributed by atoms with Gasteiger partial charge in [0.2, 0.25) is 16.6 Å². The molecule has 0 bridgehead atoms. The van der Waals surface area contributed by atoms with Gasteiger partial charge in [-0.25, -0.2) is 0 Å². The molecule has 0 spiro atoms. The Morgan fingerprint density at radius 2 is 1.31 bits per heavy atom. The molecule has 0 radical (unpaired) electrons. The Morgan fingerprint density at radius 3 is 1.94 bits per heavy atom. The molecule has 1 unspecified atom stereocenters. The monoisotopic (exact) mass is 685 g/mol. The van der Waals surface area contributed by atoms with Crippen molar-refractivity contribution in [2.45, 2.75) is 103 Å². The number of furan rings is 1. The number of benzene rings is 3. The van der Waals surface area contributed by atoms with Crippen LogP contribution in [0.3, 0.4) is 0 Å². The molecule has 0 saturated carbocycles. The standard InChI is InChI=1S/C40H55NO5Si2/c1-39(2,3)47(7,8)45-30-18-20-32-34(26-30)44-38-33-21-19-31(46-48(9,10)40(4,5)6)27-35(33)43-37(36(32)38)28-14-16-29(17-15-28)42-25-24-41-22-12-11-13-23-41/h14-21,26-27,37H,11-13,22-25H2,1-10H3. The molecule has 1 atom stereocenters. The van der Waals surface area contributed by atoms with Gasteiger partial charge in [-0.2, -0.15) is 0 Å². The van der Waals surface area contributed by atoms with E-state index in [4.69, 9.17) is 22.7 Å². The van der Waals surface area contributed by atoms with E-state index >= 15 is 0 Å². The Kier molecular flexibility index (Phi) is 9.32. The van der Waals surface area contributed by atoms with E-state index in [1.165, 1.54) is 32.4 Å². The second kappa shape index (κ2) is 12.9. The zero-order valence-corrected chi connectivity index (χ0v) is 32.8. The lowest BCUT2D eigenvalue weighted by Gasteiger charge is -2.36. The first-order valence-electron chi connectivity index (χ1n) is 17.7. The summed E-state index contributed by atoms with van der Waals surface area (Å²) in [5.74, 6) is 4.16. The average molecular weight is 686 g/mol. The summed E-state index contributed by atoms with van der Waals surface area (Å²) >= 11 is 0. The van der Waals surface area contributed by atoms with E-state index in [1.807, 2.05) is 6.07 Å². The molecule has 2 aliphatic heterocycles. The molecule has 3 heterocycles. The first kappa shape index (κ1) is 34.6. The van der Waals surface area contributed by atoms with E-state index in [0.29, 0.717) is 6.61 Å². The summed E-state index contributed by atoms with van der Waals surface area (Å²) in [6, 6.07) is 20.8. The summed E-state index contributed by atoms with van der Waals surface area (Å²) in [7, 11) is -4.07. The lowest BCUT2D eigenvalue weighted by Crippen LogP contribution is -2.43. The lowest BCUT2D eigenvalue weighted by atomic mass is 9.93. The summed E-state index contributed by atoms with van der Waals surface area (Å²) in [5.41, 5.74) is 3.82. The Morgan fingerprint density at radius 1 is 0.729 bits per heavy atom. The number of hydrogen-bond acceptors (Lipinski definition) is 6. The predicted molar refractivity (Wildman–Crippen MR) is 202 cm³/mol. The fraction of sp³-hybridized carbons (Fsp3) is 0.500. The van der Waals surface area contributed by atoms with E-state index in [2.05, 4.69) is 127 Å². The van der Waals surface area contributed by atoms with Gasteiger partial charge in [-0.3, -0.25) is 4.90 Å². The summed E-state index contributed by atoms with van der Waals surface area (Å²) in [5, 5.41) is 1.21. The number of piperidine rings is 1. The van der Waals surface area contributed by atoms with Crippen molar-refractivity contribution in [2.24, 2.45) is 0 Å². The highest BCUT2D eigenvalue weighted by atomic mass is 28.4. The van der Waals surface area contributed by atoms with Gasteiger partial charge in [0.25, 0.3) is 0 Å². The van der Waals surface area contributed by atoms with Gasteiger partial charge >= 0.3 is 0 Å². The van der Waals surface area contributed by atoms with E-state index in [1.54, 1.807) is 0 Å². The maximum absolute atomic E-state index is 6.91. The molecule has 3 aromatic carbocycles. The number of nitrogens with zero attached hydrogens (tertiary/aromatic N) is 1. The molecule has 4 aromatic rings. The highest BCUT2D eigenvalue weighted by Gasteiger charge is 2.41. The maximum Gasteiger partial charge on any atom is 0.250 e. The highest BCUT2D eigenvalue weighted by Crippen LogP contribution is 2.51. The van der Waals surface area contributed by atoms with Gasteiger partial charge in [-0.05, 0) is 104 Å². The van der Waals surface area contributed by atoms with Crippen molar-refractivity contribution in [1.82, 2.24) is 4.90 Å². The third-order valence-electron chi connectivity index (χ3n) is 11.1. The second-order valence-corrected chi connectivity index (χ2v) is 26.2. The van der Waals surface area contributed by atoms with Crippen LogP contribution in [0, 0.1) is 0 Å². The number of fused-ring (bicyclic) bond motifs is 5. The van der Waals surface area contributed by atoms with Crippen molar-refractivity contribution in [3.8, 4) is 34.3 Å². The van der Waals surface area contributed by atoms with Crippen LogP contribution in [0.2, 0.25) is 36.3 Å². The molecule has 1 saturated heterocycles. The molecule has 6 nitrogen and oxygen atoms in total. The van der Waals surface area contributed by atoms with Gasteiger partial charge in [0, 0.05) is 24.1 Å². The minimum Gasteiger partial charge on any atom is -0.543 e. The van der Waals surface area contributed by atoms with Crippen molar-refractivity contribution < 1.29 is 22.7 Å². The first-order valence-corrected chi connectivity index (χ1v) is 23.5. The molecule has 0 amide bonds. The predicted octanol–water partition coefficient (Wildman–Crippen LogP) is 11.2. The minimum absolute atomic E-state index is 0.0833. The first-order chi connectivity index (χ1) is 22.5. The van der Waals surface area contributed by atoms with Crippen LogP contribution in [0.4, 0.5) is 0 Å². The van der Waals surface area contributed by atoms with Crippen LogP contribution in [0.1, 0.15) is 78.0 Å². The molecule has 1 fully saturated rings. The minimum atomic E-state index is -2.05. The molecular weight excluding hydrogens is 631 g/mol. The van der Waals surface area contributed by atoms with E-state index < -0.39 is 16.6 Å². The lowest BCUT2D eigenvalue weighted by molar-refractivity contribution is 0.183. The SMILES string of the molecule is CC(C)(C)[Si](C)(C)Oc1ccc2c(c1)OC(c1ccc(OCCN3CCCCC3)cc1)c1c-2oc2cc(O[Si](C)(C)C(C)(C)C)ccc12. The number of likely N-dealkylation sites (tertiary alicyclic amines) is 1.